The first kappa shape index (κ1) is 21.1. The van der Waals surface area contributed by atoms with Gasteiger partial charge in [-0.15, -0.1) is 17.3 Å². The average molecular weight is 432 g/mol. The number of carbonyl (C=O) groups excluding carboxylic acids is 2. The summed E-state index contributed by atoms with van der Waals surface area (Å²) >= 11 is 1.71. The average Bonchev–Trinajstić information content (AvgIpc) is 3.10. The highest BCUT2D eigenvalue weighted by Crippen LogP contribution is 2.41. The number of thiophene rings is 1. The van der Waals surface area contributed by atoms with E-state index in [1.807, 2.05) is 32.9 Å². The lowest BCUT2D eigenvalue weighted by molar-refractivity contribution is -0.141. The Hall–Kier alpha value is -3.17. The van der Waals surface area contributed by atoms with Crippen LogP contribution in [0.25, 0.3) is 20.2 Å². The second-order valence-electron chi connectivity index (χ2n) is 8.11. The third-order valence-corrected chi connectivity index (χ3v) is 7.12. The normalized spacial score (nSPS) is 19.1. The molecule has 1 saturated heterocycles. The number of carbonyl (C=O) groups is 2. The van der Waals surface area contributed by atoms with Crippen LogP contribution in [0.4, 0.5) is 0 Å². The summed E-state index contributed by atoms with van der Waals surface area (Å²) < 4.78 is 2.31. The summed E-state index contributed by atoms with van der Waals surface area (Å²) in [7, 11) is 1.56. The molecule has 1 atom stereocenters. The fourth-order valence-corrected chi connectivity index (χ4v) is 5.35. The van der Waals surface area contributed by atoms with Crippen LogP contribution in [-0.4, -0.2) is 34.6 Å². The SMILES string of the molecule is CC#Cc1ccc2sc3ccc([C@]4(C)CC(=O)N(C)C(=N)N4C(=O)CCC)cc3c2c1. The molecule has 2 heterocycles. The summed E-state index contributed by atoms with van der Waals surface area (Å²) in [5.41, 5.74) is 0.917. The largest absolute Gasteiger partial charge is 0.286 e. The highest BCUT2D eigenvalue weighted by molar-refractivity contribution is 7.25. The molecule has 0 aliphatic carbocycles. The van der Waals surface area contributed by atoms with E-state index in [9.17, 15) is 9.59 Å². The second-order valence-corrected chi connectivity index (χ2v) is 9.19. The van der Waals surface area contributed by atoms with Crippen molar-refractivity contribution >= 4 is 49.3 Å². The number of guanidine groups is 1. The minimum Gasteiger partial charge on any atom is -0.286 e. The van der Waals surface area contributed by atoms with Gasteiger partial charge in [-0.1, -0.05) is 18.9 Å². The van der Waals surface area contributed by atoms with Crippen LogP contribution < -0.4 is 0 Å². The zero-order valence-corrected chi connectivity index (χ0v) is 19.0. The molecule has 158 valence electrons. The molecule has 2 amide bonds. The molecule has 4 rings (SSSR count). The van der Waals surface area contributed by atoms with Gasteiger partial charge in [-0.3, -0.25) is 24.8 Å². The monoisotopic (exact) mass is 431 g/mol. The first-order valence-electron chi connectivity index (χ1n) is 10.4. The number of hydrogen-bond acceptors (Lipinski definition) is 4. The van der Waals surface area contributed by atoms with Gasteiger partial charge in [-0.2, -0.15) is 0 Å². The number of amides is 2. The van der Waals surface area contributed by atoms with E-state index in [1.54, 1.807) is 18.4 Å². The maximum atomic E-state index is 13.0. The lowest BCUT2D eigenvalue weighted by Crippen LogP contribution is -2.62. The van der Waals surface area contributed by atoms with Crippen LogP contribution in [0.3, 0.4) is 0 Å². The summed E-state index contributed by atoms with van der Waals surface area (Å²) in [4.78, 5) is 28.5. The van der Waals surface area contributed by atoms with Crippen molar-refractivity contribution in [1.29, 1.82) is 5.41 Å². The van der Waals surface area contributed by atoms with E-state index in [0.717, 1.165) is 26.6 Å². The molecule has 1 fully saturated rings. The van der Waals surface area contributed by atoms with Crippen molar-refractivity contribution in [3.63, 3.8) is 0 Å². The topological polar surface area (TPSA) is 64.5 Å². The van der Waals surface area contributed by atoms with E-state index in [1.165, 1.54) is 14.5 Å². The highest BCUT2D eigenvalue weighted by Gasteiger charge is 2.47. The molecule has 0 spiro atoms. The number of nitrogens with zero attached hydrogens (tertiary/aromatic N) is 2. The Balaban J connectivity index is 1.91. The molecule has 1 N–H and O–H groups in total. The molecular weight excluding hydrogens is 406 g/mol. The predicted molar refractivity (Wildman–Crippen MR) is 126 cm³/mol. The zero-order valence-electron chi connectivity index (χ0n) is 18.2. The van der Waals surface area contributed by atoms with Crippen molar-refractivity contribution in [1.82, 2.24) is 9.80 Å². The number of fused-ring (bicyclic) bond motifs is 3. The minimum absolute atomic E-state index is 0.0621. The van der Waals surface area contributed by atoms with Crippen LogP contribution in [0, 0.1) is 17.3 Å². The van der Waals surface area contributed by atoms with E-state index < -0.39 is 5.54 Å². The fraction of sp³-hybridized carbons (Fsp3) is 0.320. The van der Waals surface area contributed by atoms with Gasteiger partial charge in [0.25, 0.3) is 0 Å². The number of benzene rings is 2. The molecule has 2 aromatic carbocycles. The summed E-state index contributed by atoms with van der Waals surface area (Å²) in [5, 5.41) is 10.7. The number of hydrogen-bond donors (Lipinski definition) is 1. The van der Waals surface area contributed by atoms with Crippen molar-refractivity contribution < 1.29 is 9.59 Å². The minimum atomic E-state index is -0.907. The maximum absolute atomic E-state index is 13.0. The van der Waals surface area contributed by atoms with Crippen LogP contribution in [0.15, 0.2) is 36.4 Å². The molecule has 1 aliphatic heterocycles. The second kappa shape index (κ2) is 7.82. The fourth-order valence-electron chi connectivity index (χ4n) is 4.28. The van der Waals surface area contributed by atoms with Gasteiger partial charge in [0.1, 0.15) is 0 Å². The van der Waals surface area contributed by atoms with Gasteiger partial charge in [-0.05, 0) is 56.2 Å². The standard InChI is InChI=1S/C25H25N3O2S/c1-5-7-16-9-11-20-18(13-16)19-14-17(10-12-21(19)31-20)25(3)15-23(30)27(4)24(26)28(25)22(29)8-6-2/h9-14,26H,6,8,15H2,1-4H3/t25-/m0/s1. The van der Waals surface area contributed by atoms with Gasteiger partial charge in [0.05, 0.1) is 12.0 Å². The van der Waals surface area contributed by atoms with Crippen LogP contribution in [0.5, 0.6) is 0 Å². The third kappa shape index (κ3) is 3.39. The summed E-state index contributed by atoms with van der Waals surface area (Å²) in [6, 6.07) is 12.3. The Morgan fingerprint density at radius 2 is 1.87 bits per heavy atom. The molecule has 0 saturated carbocycles. The van der Waals surface area contributed by atoms with Crippen LogP contribution >= 0.6 is 11.3 Å². The molecule has 31 heavy (non-hydrogen) atoms. The smallest absolute Gasteiger partial charge is 0.231 e. The van der Waals surface area contributed by atoms with Gasteiger partial charge >= 0.3 is 0 Å². The van der Waals surface area contributed by atoms with Crippen LogP contribution in [-0.2, 0) is 15.1 Å². The molecular formula is C25H25N3O2S. The van der Waals surface area contributed by atoms with Crippen molar-refractivity contribution in [3.8, 4) is 11.8 Å². The van der Waals surface area contributed by atoms with Gasteiger partial charge in [0.15, 0.2) is 0 Å². The van der Waals surface area contributed by atoms with Gasteiger partial charge in [0.2, 0.25) is 17.8 Å². The van der Waals surface area contributed by atoms with Crippen molar-refractivity contribution in [2.75, 3.05) is 7.05 Å². The first-order chi connectivity index (χ1) is 14.8. The van der Waals surface area contributed by atoms with E-state index in [2.05, 4.69) is 36.1 Å². The molecule has 1 aromatic heterocycles. The summed E-state index contributed by atoms with van der Waals surface area (Å²) in [6.45, 7) is 5.66. The van der Waals surface area contributed by atoms with Crippen LogP contribution in [0.1, 0.15) is 51.2 Å². The summed E-state index contributed by atoms with van der Waals surface area (Å²) in [6.07, 6.45) is 1.16. The molecule has 0 radical (unpaired) electrons. The quantitative estimate of drug-likeness (QED) is 0.589. The van der Waals surface area contributed by atoms with Gasteiger partial charge < -0.3 is 0 Å². The molecule has 5 nitrogen and oxygen atoms in total. The van der Waals surface area contributed by atoms with E-state index in [-0.39, 0.29) is 24.2 Å². The number of rotatable bonds is 3. The maximum Gasteiger partial charge on any atom is 0.231 e. The molecule has 0 unspecified atom stereocenters. The third-order valence-electron chi connectivity index (χ3n) is 5.97. The Labute approximate surface area is 186 Å². The zero-order chi connectivity index (χ0) is 22.3. The predicted octanol–water partition coefficient (Wildman–Crippen LogP) is 5.07. The van der Waals surface area contributed by atoms with Crippen molar-refractivity contribution in [2.24, 2.45) is 0 Å². The van der Waals surface area contributed by atoms with Gasteiger partial charge in [-0.25, -0.2) is 0 Å². The Morgan fingerprint density at radius 3 is 2.55 bits per heavy atom. The molecule has 0 bridgehead atoms. The highest BCUT2D eigenvalue weighted by atomic mass is 32.1. The van der Waals surface area contributed by atoms with E-state index >= 15 is 0 Å². The van der Waals surface area contributed by atoms with E-state index in [4.69, 9.17) is 5.41 Å². The Bertz CT molecular complexity index is 1300. The molecule has 1 aliphatic rings. The molecule has 6 heteroatoms. The lowest BCUT2D eigenvalue weighted by Gasteiger charge is -2.47. The molecule has 3 aromatic rings. The first-order valence-corrected chi connectivity index (χ1v) is 11.2. The van der Waals surface area contributed by atoms with Crippen LogP contribution in [0.2, 0.25) is 0 Å². The van der Waals surface area contributed by atoms with E-state index in [0.29, 0.717) is 12.8 Å². The van der Waals surface area contributed by atoms with Crippen molar-refractivity contribution in [3.05, 3.63) is 47.5 Å². The summed E-state index contributed by atoms with van der Waals surface area (Å²) in [5.74, 6) is 5.70. The van der Waals surface area contributed by atoms with Crippen molar-refractivity contribution in [2.45, 2.75) is 45.6 Å². The Kier molecular flexibility index (Phi) is 5.32. The lowest BCUT2D eigenvalue weighted by atomic mass is 9.83. The Morgan fingerprint density at radius 1 is 1.19 bits per heavy atom. The van der Waals surface area contributed by atoms with Gasteiger partial charge in [0, 0.05) is 39.2 Å². The number of nitrogens with one attached hydrogen (secondary N) is 1.